The summed E-state index contributed by atoms with van der Waals surface area (Å²) in [6.07, 6.45) is -12.5. The van der Waals surface area contributed by atoms with Crippen molar-refractivity contribution < 1.29 is 49.0 Å². The van der Waals surface area contributed by atoms with Gasteiger partial charge in [0.2, 0.25) is 0 Å². The van der Waals surface area contributed by atoms with Gasteiger partial charge in [0.1, 0.15) is 17.1 Å². The number of carbonyl (C=O) groups is 1. The molecule has 0 aliphatic carbocycles. The third-order valence-electron chi connectivity index (χ3n) is 8.54. The molecule has 9 nitrogen and oxygen atoms in total. The predicted molar refractivity (Wildman–Crippen MR) is 196 cm³/mol. The monoisotopic (exact) mass is 811 g/mol. The number of nitrogens with zero attached hydrogens (tertiary/aromatic N) is 4. The minimum Gasteiger partial charge on any atom is -0.444 e. The average molecular weight is 812 g/mol. The number of hydrogen-bond acceptors (Lipinski definition) is 6. The van der Waals surface area contributed by atoms with Crippen molar-refractivity contribution in [1.29, 1.82) is 0 Å². The third kappa shape index (κ3) is 13.3. The Morgan fingerprint density at radius 2 is 1.41 bits per heavy atom. The maximum atomic E-state index is 14.8. The van der Waals surface area contributed by atoms with Crippen LogP contribution < -0.4 is 21.5 Å². The maximum absolute atomic E-state index is 14.8. The van der Waals surface area contributed by atoms with Crippen molar-refractivity contribution in [2.75, 3.05) is 44.7 Å². The molecule has 0 bridgehead atoms. The first-order valence-electron chi connectivity index (χ1n) is 18.0. The van der Waals surface area contributed by atoms with E-state index in [-0.39, 0.29) is 68.8 Å². The van der Waals surface area contributed by atoms with E-state index in [1.54, 1.807) is 40.1 Å². The van der Waals surface area contributed by atoms with E-state index in [1.807, 2.05) is 34.6 Å². The molecule has 1 aliphatic heterocycles. The SMILES string of the molecule is CC.CNC(=O)OC(C)(C)C.Cc1c(N2CCN(CCCC(F)(F)C(F)(F)F)CC2)c(=O)n(CCc2ccccc2)c(=O)n1Cc1c(F)cccc1C(F)(F)F. The van der Waals surface area contributed by atoms with Gasteiger partial charge in [-0.3, -0.25) is 18.8 Å². The zero-order chi connectivity index (χ0) is 42.6. The number of alkyl halides is 8. The van der Waals surface area contributed by atoms with E-state index in [0.717, 1.165) is 26.8 Å². The highest BCUT2D eigenvalue weighted by Gasteiger charge is 2.56. The van der Waals surface area contributed by atoms with E-state index < -0.39 is 65.9 Å². The van der Waals surface area contributed by atoms with Crippen LogP contribution in [0.5, 0.6) is 0 Å². The first-order valence-corrected chi connectivity index (χ1v) is 18.0. The van der Waals surface area contributed by atoms with Gasteiger partial charge in [-0.2, -0.15) is 35.1 Å². The molecule has 0 unspecified atom stereocenters. The van der Waals surface area contributed by atoms with Crippen molar-refractivity contribution in [3.8, 4) is 0 Å². The van der Waals surface area contributed by atoms with Crippen molar-refractivity contribution in [3.63, 3.8) is 0 Å². The zero-order valence-corrected chi connectivity index (χ0v) is 32.5. The van der Waals surface area contributed by atoms with Gasteiger partial charge in [0.25, 0.3) is 5.56 Å². The highest BCUT2D eigenvalue weighted by atomic mass is 19.4. The summed E-state index contributed by atoms with van der Waals surface area (Å²) in [5.74, 6) is -5.99. The highest BCUT2D eigenvalue weighted by molar-refractivity contribution is 5.67. The number of piperazine rings is 1. The van der Waals surface area contributed by atoms with Crippen LogP contribution in [0.15, 0.2) is 58.1 Å². The second-order valence-corrected chi connectivity index (χ2v) is 13.6. The lowest BCUT2D eigenvalue weighted by Crippen LogP contribution is -2.51. The highest BCUT2D eigenvalue weighted by Crippen LogP contribution is 2.39. The average Bonchev–Trinajstić information content (AvgIpc) is 3.11. The number of rotatable bonds is 10. The zero-order valence-electron chi connectivity index (χ0n) is 32.5. The van der Waals surface area contributed by atoms with Crippen molar-refractivity contribution in [1.82, 2.24) is 19.4 Å². The summed E-state index contributed by atoms with van der Waals surface area (Å²) < 4.78 is 127. The van der Waals surface area contributed by atoms with Crippen LogP contribution in [0.1, 0.15) is 69.8 Å². The number of aromatic nitrogens is 2. The summed E-state index contributed by atoms with van der Waals surface area (Å²) in [5, 5.41) is 2.36. The topological polar surface area (TPSA) is 88.8 Å². The van der Waals surface area contributed by atoms with Gasteiger partial charge < -0.3 is 15.0 Å². The van der Waals surface area contributed by atoms with Gasteiger partial charge in [0, 0.05) is 57.4 Å². The molecule has 0 saturated carbocycles. The molecule has 0 atom stereocenters. The number of halogens is 9. The first kappa shape index (κ1) is 47.7. The minimum absolute atomic E-state index is 0.00982. The van der Waals surface area contributed by atoms with Gasteiger partial charge in [0.15, 0.2) is 0 Å². The van der Waals surface area contributed by atoms with Crippen molar-refractivity contribution in [2.45, 2.75) is 97.8 Å². The van der Waals surface area contributed by atoms with E-state index in [1.165, 1.54) is 14.0 Å². The molecule has 1 aromatic heterocycles. The number of benzene rings is 2. The molecule has 1 saturated heterocycles. The van der Waals surface area contributed by atoms with Gasteiger partial charge in [-0.25, -0.2) is 14.0 Å². The normalized spacial score (nSPS) is 14.0. The standard InChI is InChI=1S/C30H31F9N4O2.C6H13NO2.C2H6/c1-20-25(41-17-15-40(16-18-41)13-6-12-28(32,33)30(37,38)39)26(44)42(14-11-21-7-3-2-4-8-21)27(45)43(20)19-22-23(29(34,35)36)9-5-10-24(22)31;1-6(2,3)9-5(8)7-4;1-2/h2-5,7-10H,6,11-19H2,1H3;1-4H3,(H,7,8);1-2H3. The van der Waals surface area contributed by atoms with E-state index in [9.17, 15) is 53.9 Å². The van der Waals surface area contributed by atoms with E-state index in [4.69, 9.17) is 4.74 Å². The lowest BCUT2D eigenvalue weighted by molar-refractivity contribution is -0.284. The summed E-state index contributed by atoms with van der Waals surface area (Å²) in [5.41, 5.74) is -3.23. The molecule has 1 aliphatic rings. The maximum Gasteiger partial charge on any atom is 0.453 e. The number of nitrogens with one attached hydrogen (secondary N) is 1. The van der Waals surface area contributed by atoms with Crippen LogP contribution in [-0.2, 0) is 30.4 Å². The molecule has 1 amide bonds. The Labute approximate surface area is 320 Å². The number of anilines is 1. The lowest BCUT2D eigenvalue weighted by atomic mass is 10.1. The molecule has 0 radical (unpaired) electrons. The molecule has 56 heavy (non-hydrogen) atoms. The molecule has 314 valence electrons. The molecule has 4 rings (SSSR count). The number of ether oxygens (including phenoxy) is 1. The van der Waals surface area contributed by atoms with Gasteiger partial charge in [0.05, 0.1) is 12.1 Å². The van der Waals surface area contributed by atoms with Crippen molar-refractivity contribution in [3.05, 3.63) is 97.6 Å². The van der Waals surface area contributed by atoms with Gasteiger partial charge in [-0.1, -0.05) is 50.2 Å². The van der Waals surface area contributed by atoms with Crippen LogP contribution in [0.25, 0.3) is 0 Å². The van der Waals surface area contributed by atoms with Crippen LogP contribution in [0.4, 0.5) is 50.0 Å². The number of hydrogen-bond donors (Lipinski definition) is 1. The number of alkyl carbamates (subject to hydrolysis) is 1. The van der Waals surface area contributed by atoms with E-state index in [2.05, 4.69) is 5.32 Å². The van der Waals surface area contributed by atoms with Crippen LogP contribution in [-0.4, -0.2) is 77.6 Å². The fourth-order valence-corrected chi connectivity index (χ4v) is 5.75. The molecule has 2 heterocycles. The second-order valence-electron chi connectivity index (χ2n) is 13.6. The number of carbonyl (C=O) groups excluding carboxylic acids is 1. The summed E-state index contributed by atoms with van der Waals surface area (Å²) in [7, 11) is 1.54. The largest absolute Gasteiger partial charge is 0.453 e. The van der Waals surface area contributed by atoms with Crippen molar-refractivity contribution in [2.24, 2.45) is 0 Å². The summed E-state index contributed by atoms with van der Waals surface area (Å²) in [6.45, 7) is 10.5. The lowest BCUT2D eigenvalue weighted by Gasteiger charge is -2.37. The predicted octanol–water partition coefficient (Wildman–Crippen LogP) is 8.03. The van der Waals surface area contributed by atoms with Gasteiger partial charge in [-0.15, -0.1) is 0 Å². The molecular formula is C38H50F9N5O4. The van der Waals surface area contributed by atoms with Crippen LogP contribution >= 0.6 is 0 Å². The Kier molecular flexibility index (Phi) is 17.1. The molecule has 18 heteroatoms. The quantitative estimate of drug-likeness (QED) is 0.209. The molecule has 2 aromatic carbocycles. The van der Waals surface area contributed by atoms with Gasteiger partial charge in [-0.05, 0) is 64.8 Å². The minimum atomic E-state index is -5.64. The number of aryl methyl sites for hydroxylation is 1. The molecule has 3 aromatic rings. The van der Waals surface area contributed by atoms with E-state index >= 15 is 0 Å². The van der Waals surface area contributed by atoms with Gasteiger partial charge >= 0.3 is 30.1 Å². The molecule has 1 N–H and O–H groups in total. The third-order valence-corrected chi connectivity index (χ3v) is 8.54. The number of amides is 1. The van der Waals surface area contributed by atoms with Crippen LogP contribution in [0.3, 0.4) is 0 Å². The Bertz CT molecular complexity index is 1830. The first-order chi connectivity index (χ1) is 26.0. The Morgan fingerprint density at radius 3 is 1.91 bits per heavy atom. The molecule has 1 fully saturated rings. The second kappa shape index (κ2) is 20.1. The van der Waals surface area contributed by atoms with Crippen LogP contribution in [0, 0.1) is 12.7 Å². The summed E-state index contributed by atoms with van der Waals surface area (Å²) >= 11 is 0. The van der Waals surface area contributed by atoms with E-state index in [0.29, 0.717) is 6.07 Å². The summed E-state index contributed by atoms with van der Waals surface area (Å²) in [4.78, 5) is 41.1. The molecular weight excluding hydrogens is 761 g/mol. The Morgan fingerprint density at radius 1 is 0.821 bits per heavy atom. The Hall–Kier alpha value is -4.48. The molecule has 0 spiro atoms. The van der Waals surface area contributed by atoms with Crippen molar-refractivity contribution >= 4 is 11.8 Å². The fraction of sp³-hybridized carbons (Fsp3) is 0.553. The Balaban J connectivity index is 0.000000865. The van der Waals surface area contributed by atoms with Crippen LogP contribution in [0.2, 0.25) is 0 Å². The smallest absolute Gasteiger partial charge is 0.444 e. The fourth-order valence-electron chi connectivity index (χ4n) is 5.75. The summed E-state index contributed by atoms with van der Waals surface area (Å²) in [6, 6.07) is 11.3.